The molecule has 11 heteroatoms. The van der Waals surface area contributed by atoms with E-state index in [9.17, 15) is 23.1 Å². The largest absolute Gasteiger partial charge is 0.497 e. The predicted octanol–water partition coefficient (Wildman–Crippen LogP) is 6.16. The van der Waals surface area contributed by atoms with E-state index in [0.29, 0.717) is 25.3 Å². The second kappa shape index (κ2) is 12.6. The third kappa shape index (κ3) is 5.69. The number of hydrogen-bond acceptors (Lipinski definition) is 6. The summed E-state index contributed by atoms with van der Waals surface area (Å²) in [5.41, 5.74) is 4.27. The third-order valence-electron chi connectivity index (χ3n) is 13.7. The highest BCUT2D eigenvalue weighted by Crippen LogP contribution is 2.65. The lowest BCUT2D eigenvalue weighted by atomic mass is 9.70. The monoisotopic (exact) mass is 718 g/mol. The lowest BCUT2D eigenvalue weighted by Gasteiger charge is -2.38. The van der Waals surface area contributed by atoms with Gasteiger partial charge in [0.25, 0.3) is 5.91 Å². The summed E-state index contributed by atoms with van der Waals surface area (Å²) in [6.07, 6.45) is 8.09. The minimum absolute atomic E-state index is 0.0807. The zero-order chi connectivity index (χ0) is 36.7. The number of aliphatic hydroxyl groups excluding tert-OH is 1. The van der Waals surface area contributed by atoms with Crippen molar-refractivity contribution in [1.82, 2.24) is 18.9 Å². The van der Waals surface area contributed by atoms with Gasteiger partial charge in [-0.15, -0.1) is 0 Å². The van der Waals surface area contributed by atoms with Gasteiger partial charge in [-0.05, 0) is 104 Å². The molecule has 3 N–H and O–H groups in total. The summed E-state index contributed by atoms with van der Waals surface area (Å²) in [4.78, 5) is 28.2. The Balaban J connectivity index is 1.39. The molecule has 10 nitrogen and oxygen atoms in total. The van der Waals surface area contributed by atoms with Gasteiger partial charge in [-0.25, -0.2) is 4.72 Å². The van der Waals surface area contributed by atoms with E-state index in [4.69, 9.17) is 4.74 Å². The number of aromatic nitrogens is 1. The molecule has 2 unspecified atom stereocenters. The number of benzene rings is 2. The molecular weight excluding hydrogens is 665 g/mol. The average molecular weight is 719 g/mol. The Bertz CT molecular complexity index is 2000. The number of carbonyl (C=O) groups excluding carboxylic acids is 2. The van der Waals surface area contributed by atoms with Crippen LogP contribution in [-0.2, 0) is 28.0 Å². The lowest BCUT2D eigenvalue weighted by molar-refractivity contribution is -0.134. The molecule has 2 heterocycles. The molecule has 4 aliphatic rings. The molecule has 0 radical (unpaired) electrons. The second-order valence-corrected chi connectivity index (χ2v) is 18.8. The summed E-state index contributed by atoms with van der Waals surface area (Å²) in [7, 11) is 0.410. The van der Waals surface area contributed by atoms with Gasteiger partial charge in [-0.3, -0.25) is 9.59 Å². The number of carbonyl (C=O) groups is 2. The number of aliphatic hydroxyl groups is 1. The van der Waals surface area contributed by atoms with Crippen LogP contribution in [0.15, 0.2) is 36.4 Å². The molecule has 3 fully saturated rings. The molecule has 3 aromatic rings. The molecule has 2 amide bonds. The maximum absolute atomic E-state index is 14.8. The lowest BCUT2D eigenvalue weighted by Crippen LogP contribution is -2.54. The molecule has 3 saturated carbocycles. The van der Waals surface area contributed by atoms with Crippen molar-refractivity contribution in [3.8, 4) is 17.0 Å². The number of nitrogens with zero attached hydrogens (tertiary/aromatic N) is 2. The number of aryl methyl sites for hydroxylation is 1. The smallest absolute Gasteiger partial charge is 0.303 e. The van der Waals surface area contributed by atoms with Gasteiger partial charge < -0.3 is 19.7 Å². The van der Waals surface area contributed by atoms with Gasteiger partial charge in [-0.1, -0.05) is 46.1 Å². The molecule has 7 rings (SSSR count). The molecule has 51 heavy (non-hydrogen) atoms. The Morgan fingerprint density at radius 2 is 1.71 bits per heavy atom. The maximum Gasteiger partial charge on any atom is 0.303 e. The van der Waals surface area contributed by atoms with Crippen LogP contribution in [0.3, 0.4) is 0 Å². The predicted molar refractivity (Wildman–Crippen MR) is 199 cm³/mol. The van der Waals surface area contributed by atoms with E-state index in [1.165, 1.54) is 26.1 Å². The normalized spacial score (nSPS) is 28.9. The van der Waals surface area contributed by atoms with Crippen LogP contribution < -0.4 is 14.8 Å². The van der Waals surface area contributed by atoms with Crippen LogP contribution in [0.25, 0.3) is 22.2 Å². The Hall–Kier alpha value is -3.41. The van der Waals surface area contributed by atoms with Crippen molar-refractivity contribution >= 4 is 32.9 Å². The van der Waals surface area contributed by atoms with Crippen LogP contribution >= 0.6 is 0 Å². The molecule has 2 bridgehead atoms. The Morgan fingerprint density at radius 3 is 2.35 bits per heavy atom. The minimum Gasteiger partial charge on any atom is -0.497 e. The van der Waals surface area contributed by atoms with E-state index in [0.717, 1.165) is 76.3 Å². The minimum atomic E-state index is -4.01. The number of methoxy groups -OCH3 is 1. The molecule has 1 aromatic heterocycles. The molecule has 276 valence electrons. The van der Waals surface area contributed by atoms with Crippen LogP contribution in [0.2, 0.25) is 0 Å². The van der Waals surface area contributed by atoms with E-state index in [1.807, 2.05) is 19.1 Å². The summed E-state index contributed by atoms with van der Waals surface area (Å²) in [5, 5.41) is 16.0. The number of rotatable bonds is 7. The number of ether oxygens (including phenoxy) is 1. The van der Waals surface area contributed by atoms with Gasteiger partial charge in [0.15, 0.2) is 0 Å². The SMILES string of the molecule is COc1ccc2c(c1)CC[C@@](C)(C(=O)N[C@@H]1C3CCC(C)([C@@H]1O)C3(C)C)Cn1c-2c(C2CCCCC2)c2ccc(C(=O)NS(=O)(=O)N(C)C)cc21. The van der Waals surface area contributed by atoms with Crippen LogP contribution in [0.1, 0.15) is 106 Å². The van der Waals surface area contributed by atoms with E-state index in [-0.39, 0.29) is 34.3 Å². The molecule has 0 spiro atoms. The van der Waals surface area contributed by atoms with Crippen LogP contribution in [0.4, 0.5) is 0 Å². The highest BCUT2D eigenvalue weighted by atomic mass is 32.2. The first-order chi connectivity index (χ1) is 24.0. The van der Waals surface area contributed by atoms with Gasteiger partial charge in [0.2, 0.25) is 5.91 Å². The number of fused-ring (bicyclic) bond motifs is 7. The zero-order valence-corrected chi connectivity index (χ0v) is 32.0. The van der Waals surface area contributed by atoms with Crippen LogP contribution in [0.5, 0.6) is 5.75 Å². The van der Waals surface area contributed by atoms with Crippen molar-refractivity contribution in [2.75, 3.05) is 21.2 Å². The average Bonchev–Trinajstić information content (AvgIpc) is 3.58. The topological polar surface area (TPSA) is 130 Å². The standard InChI is InChI=1S/C40H54N4O6S/c1-38(2)30-18-20-40(38,4)35(45)33(30)41-37(47)39(3)19-17-25-21-27(50-7)14-16-28(25)34-32(24-11-9-8-10-12-24)29-15-13-26(22-31(29)44(34)23-39)36(46)42-51(48,49)43(5)6/h13-16,21-22,24,30,33,35,45H,8-12,17-20,23H2,1-7H3,(H,41,47)(H,42,46)/t30?,33-,35-,39-,40?/m1/s1. The fourth-order valence-corrected chi connectivity index (χ4v) is 10.6. The number of hydrogen-bond donors (Lipinski definition) is 3. The van der Waals surface area contributed by atoms with Gasteiger partial charge >= 0.3 is 10.2 Å². The molecule has 1 aliphatic heterocycles. The molecule has 2 aromatic carbocycles. The second-order valence-electron chi connectivity index (χ2n) is 16.9. The van der Waals surface area contributed by atoms with Crippen molar-refractivity contribution in [1.29, 1.82) is 0 Å². The summed E-state index contributed by atoms with van der Waals surface area (Å²) >= 11 is 0. The van der Waals surface area contributed by atoms with Crippen molar-refractivity contribution in [3.63, 3.8) is 0 Å². The van der Waals surface area contributed by atoms with Gasteiger partial charge in [-0.2, -0.15) is 12.7 Å². The van der Waals surface area contributed by atoms with Gasteiger partial charge in [0, 0.05) is 48.1 Å². The third-order valence-corrected chi connectivity index (χ3v) is 15.2. The van der Waals surface area contributed by atoms with Crippen molar-refractivity contribution in [2.45, 2.75) is 110 Å². The van der Waals surface area contributed by atoms with Crippen molar-refractivity contribution in [2.24, 2.45) is 22.2 Å². The Morgan fingerprint density at radius 1 is 0.980 bits per heavy atom. The Labute approximate surface area is 302 Å². The quantitative estimate of drug-likeness (QED) is 0.269. The number of amides is 2. The van der Waals surface area contributed by atoms with E-state index < -0.39 is 27.6 Å². The molecule has 5 atom stereocenters. The summed E-state index contributed by atoms with van der Waals surface area (Å²) < 4.78 is 36.4. The highest BCUT2D eigenvalue weighted by Gasteiger charge is 2.66. The summed E-state index contributed by atoms with van der Waals surface area (Å²) in [6, 6.07) is 11.3. The first kappa shape index (κ1) is 36.0. The molecular formula is C40H54N4O6S. The first-order valence-corrected chi connectivity index (χ1v) is 20.0. The summed E-state index contributed by atoms with van der Waals surface area (Å²) in [6.45, 7) is 9.00. The fourth-order valence-electron chi connectivity index (χ4n) is 10.0. The van der Waals surface area contributed by atoms with Crippen LogP contribution in [0, 0.1) is 22.2 Å². The van der Waals surface area contributed by atoms with Crippen molar-refractivity contribution in [3.05, 3.63) is 53.1 Å². The molecule has 3 aliphatic carbocycles. The Kier molecular flexibility index (Phi) is 8.90. The van der Waals surface area contributed by atoms with E-state index in [1.54, 1.807) is 19.2 Å². The first-order valence-electron chi connectivity index (χ1n) is 18.6. The van der Waals surface area contributed by atoms with E-state index in [2.05, 4.69) is 47.5 Å². The zero-order valence-electron chi connectivity index (χ0n) is 31.1. The van der Waals surface area contributed by atoms with Crippen molar-refractivity contribution < 1.29 is 27.9 Å². The highest BCUT2D eigenvalue weighted by molar-refractivity contribution is 7.87. The van der Waals surface area contributed by atoms with Crippen LogP contribution in [-0.4, -0.2) is 67.6 Å². The van der Waals surface area contributed by atoms with Gasteiger partial charge in [0.1, 0.15) is 5.75 Å². The number of nitrogens with one attached hydrogen (secondary N) is 2. The fraction of sp³-hybridized carbons (Fsp3) is 0.600. The summed E-state index contributed by atoms with van der Waals surface area (Å²) in [5.74, 6) is 0.446. The molecule has 0 saturated heterocycles. The van der Waals surface area contributed by atoms with Gasteiger partial charge in [0.05, 0.1) is 30.4 Å². The van der Waals surface area contributed by atoms with E-state index >= 15 is 0 Å². The maximum atomic E-state index is 14.8.